The second kappa shape index (κ2) is 4.43. The number of nitrogens with zero attached hydrogens (tertiary/aromatic N) is 3. The molecular weight excluding hydrogens is 244 g/mol. The molecule has 1 heterocycles. The highest BCUT2D eigenvalue weighted by Gasteiger charge is 2.48. The number of carbonyl (C=O) groups is 2. The van der Waals surface area contributed by atoms with Gasteiger partial charge in [-0.2, -0.15) is 10.5 Å². The standard InChI is InChI=1S/C13H10N4O2/c1-13(10-4-2-9(8-15)3-5-10)11(18)17(7-6-14)12(19)16-13/h2-5H,7H2,1H3,(H,16,19). The van der Waals surface area contributed by atoms with E-state index in [2.05, 4.69) is 5.32 Å². The number of imide groups is 1. The van der Waals surface area contributed by atoms with E-state index in [0.29, 0.717) is 11.1 Å². The lowest BCUT2D eigenvalue weighted by molar-refractivity contribution is -0.130. The predicted molar refractivity (Wildman–Crippen MR) is 64.4 cm³/mol. The van der Waals surface area contributed by atoms with Crippen molar-refractivity contribution in [3.63, 3.8) is 0 Å². The van der Waals surface area contributed by atoms with Crippen molar-refractivity contribution in [1.82, 2.24) is 10.2 Å². The number of benzene rings is 1. The van der Waals surface area contributed by atoms with Crippen LogP contribution in [0.4, 0.5) is 4.79 Å². The van der Waals surface area contributed by atoms with E-state index in [4.69, 9.17) is 10.5 Å². The van der Waals surface area contributed by atoms with Gasteiger partial charge in [0.25, 0.3) is 5.91 Å². The highest BCUT2D eigenvalue weighted by Crippen LogP contribution is 2.28. The Labute approximate surface area is 109 Å². The average Bonchev–Trinajstić information content (AvgIpc) is 2.64. The summed E-state index contributed by atoms with van der Waals surface area (Å²) in [6.07, 6.45) is 0. The number of hydrogen-bond acceptors (Lipinski definition) is 4. The van der Waals surface area contributed by atoms with Gasteiger partial charge >= 0.3 is 6.03 Å². The van der Waals surface area contributed by atoms with Gasteiger partial charge in [-0.3, -0.25) is 4.79 Å². The minimum absolute atomic E-state index is 0.281. The fourth-order valence-electron chi connectivity index (χ4n) is 1.99. The molecule has 0 spiro atoms. The largest absolute Gasteiger partial charge is 0.326 e. The lowest BCUT2D eigenvalue weighted by Gasteiger charge is -2.21. The first-order valence-corrected chi connectivity index (χ1v) is 5.54. The molecule has 0 radical (unpaired) electrons. The topological polar surface area (TPSA) is 97.0 Å². The monoisotopic (exact) mass is 254 g/mol. The second-order valence-electron chi connectivity index (χ2n) is 4.29. The number of amides is 3. The zero-order valence-corrected chi connectivity index (χ0v) is 10.2. The van der Waals surface area contributed by atoms with Gasteiger partial charge in [0.1, 0.15) is 12.1 Å². The fourth-order valence-corrected chi connectivity index (χ4v) is 1.99. The van der Waals surface area contributed by atoms with E-state index in [9.17, 15) is 9.59 Å². The molecule has 1 aromatic carbocycles. The highest BCUT2D eigenvalue weighted by molar-refractivity contribution is 6.07. The number of rotatable bonds is 2. The Bertz CT molecular complexity index is 624. The van der Waals surface area contributed by atoms with Gasteiger partial charge < -0.3 is 5.32 Å². The van der Waals surface area contributed by atoms with Crippen LogP contribution in [0.3, 0.4) is 0 Å². The Kier molecular flexibility index (Phi) is 2.94. The molecule has 1 N–H and O–H groups in total. The van der Waals surface area contributed by atoms with Crippen molar-refractivity contribution < 1.29 is 9.59 Å². The molecule has 1 fully saturated rings. The van der Waals surface area contributed by atoms with Crippen LogP contribution in [0.2, 0.25) is 0 Å². The van der Waals surface area contributed by atoms with Crippen molar-refractivity contribution in [2.75, 3.05) is 6.54 Å². The number of nitrogens with one attached hydrogen (secondary N) is 1. The summed E-state index contributed by atoms with van der Waals surface area (Å²) < 4.78 is 0. The molecule has 6 nitrogen and oxygen atoms in total. The fraction of sp³-hybridized carbons (Fsp3) is 0.231. The molecule has 0 bridgehead atoms. The quantitative estimate of drug-likeness (QED) is 0.624. The molecule has 3 amide bonds. The lowest BCUT2D eigenvalue weighted by atomic mass is 9.91. The summed E-state index contributed by atoms with van der Waals surface area (Å²) in [6.45, 7) is 1.29. The molecule has 6 heteroatoms. The van der Waals surface area contributed by atoms with E-state index >= 15 is 0 Å². The van der Waals surface area contributed by atoms with E-state index in [1.165, 1.54) is 0 Å². The van der Waals surface area contributed by atoms with Crippen LogP contribution in [-0.2, 0) is 10.3 Å². The first-order chi connectivity index (χ1) is 9.02. The SMILES string of the molecule is CC1(c2ccc(C#N)cc2)NC(=O)N(CC#N)C1=O. The molecule has 2 rings (SSSR count). The van der Waals surface area contributed by atoms with Crippen LogP contribution in [0.15, 0.2) is 24.3 Å². The summed E-state index contributed by atoms with van der Waals surface area (Å²) in [5, 5.41) is 19.9. The molecule has 1 aliphatic heterocycles. The number of urea groups is 1. The van der Waals surface area contributed by atoms with E-state index in [-0.39, 0.29) is 6.54 Å². The van der Waals surface area contributed by atoms with Gasteiger partial charge in [-0.1, -0.05) is 12.1 Å². The van der Waals surface area contributed by atoms with Crippen LogP contribution >= 0.6 is 0 Å². The van der Waals surface area contributed by atoms with Crippen LogP contribution in [0.1, 0.15) is 18.1 Å². The molecule has 1 atom stereocenters. The van der Waals surface area contributed by atoms with Crippen LogP contribution in [-0.4, -0.2) is 23.4 Å². The van der Waals surface area contributed by atoms with Crippen LogP contribution in [0.25, 0.3) is 0 Å². The van der Waals surface area contributed by atoms with Crippen LogP contribution < -0.4 is 5.32 Å². The third kappa shape index (κ3) is 1.90. The van der Waals surface area contributed by atoms with Gasteiger partial charge in [-0.15, -0.1) is 0 Å². The summed E-state index contributed by atoms with van der Waals surface area (Å²) in [5.74, 6) is -0.469. The molecule has 1 saturated heterocycles. The summed E-state index contributed by atoms with van der Waals surface area (Å²) in [6, 6.07) is 9.56. The van der Waals surface area contributed by atoms with Gasteiger partial charge in [0.05, 0.1) is 17.7 Å². The lowest BCUT2D eigenvalue weighted by Crippen LogP contribution is -2.40. The Morgan fingerprint density at radius 1 is 1.26 bits per heavy atom. The summed E-state index contributed by atoms with van der Waals surface area (Å²) in [5.41, 5.74) is -0.148. The van der Waals surface area contributed by atoms with Crippen LogP contribution in [0, 0.1) is 22.7 Å². The third-order valence-electron chi connectivity index (χ3n) is 3.10. The highest BCUT2D eigenvalue weighted by atomic mass is 16.2. The van der Waals surface area contributed by atoms with Gasteiger partial charge in [0.15, 0.2) is 0 Å². The molecule has 19 heavy (non-hydrogen) atoms. The molecular formula is C13H10N4O2. The Balaban J connectivity index is 2.38. The molecule has 94 valence electrons. The zero-order chi connectivity index (χ0) is 14.0. The molecule has 0 aromatic heterocycles. The average molecular weight is 254 g/mol. The number of nitriles is 2. The first kappa shape index (κ1) is 12.6. The molecule has 0 saturated carbocycles. The van der Waals surface area contributed by atoms with Crippen LogP contribution in [0.5, 0.6) is 0 Å². The maximum Gasteiger partial charge on any atom is 0.326 e. The van der Waals surface area contributed by atoms with Crippen molar-refractivity contribution in [2.45, 2.75) is 12.5 Å². The van der Waals surface area contributed by atoms with Crippen molar-refractivity contribution in [1.29, 1.82) is 10.5 Å². The smallest absolute Gasteiger partial charge is 0.319 e. The van der Waals surface area contributed by atoms with Gasteiger partial charge in [-0.25, -0.2) is 9.69 Å². The van der Waals surface area contributed by atoms with Crippen molar-refractivity contribution in [2.24, 2.45) is 0 Å². The molecule has 1 aromatic rings. The van der Waals surface area contributed by atoms with E-state index < -0.39 is 17.5 Å². The van der Waals surface area contributed by atoms with Crippen molar-refractivity contribution in [3.8, 4) is 12.1 Å². The first-order valence-electron chi connectivity index (χ1n) is 5.54. The van der Waals surface area contributed by atoms with E-state index in [0.717, 1.165) is 4.90 Å². The minimum atomic E-state index is -1.19. The Hall–Kier alpha value is -2.86. The second-order valence-corrected chi connectivity index (χ2v) is 4.29. The normalized spacial score (nSPS) is 21.7. The number of hydrogen-bond donors (Lipinski definition) is 1. The van der Waals surface area contributed by atoms with Gasteiger partial charge in [0.2, 0.25) is 0 Å². The zero-order valence-electron chi connectivity index (χ0n) is 10.2. The van der Waals surface area contributed by atoms with E-state index in [1.807, 2.05) is 6.07 Å². The summed E-state index contributed by atoms with van der Waals surface area (Å²) in [7, 11) is 0. The van der Waals surface area contributed by atoms with Crippen molar-refractivity contribution >= 4 is 11.9 Å². The Morgan fingerprint density at radius 3 is 2.42 bits per heavy atom. The minimum Gasteiger partial charge on any atom is -0.319 e. The van der Waals surface area contributed by atoms with Crippen molar-refractivity contribution in [3.05, 3.63) is 35.4 Å². The van der Waals surface area contributed by atoms with E-state index in [1.54, 1.807) is 37.3 Å². The third-order valence-corrected chi connectivity index (χ3v) is 3.10. The molecule has 1 unspecified atom stereocenters. The molecule has 1 aliphatic rings. The Morgan fingerprint density at radius 2 is 1.89 bits per heavy atom. The number of carbonyl (C=O) groups excluding carboxylic acids is 2. The molecule has 0 aliphatic carbocycles. The predicted octanol–water partition coefficient (Wildman–Crippen LogP) is 0.849. The maximum absolute atomic E-state index is 12.2. The van der Waals surface area contributed by atoms with Gasteiger partial charge in [0, 0.05) is 0 Å². The van der Waals surface area contributed by atoms with Gasteiger partial charge in [-0.05, 0) is 24.6 Å². The summed E-state index contributed by atoms with van der Waals surface area (Å²) >= 11 is 0. The maximum atomic E-state index is 12.2. The summed E-state index contributed by atoms with van der Waals surface area (Å²) in [4.78, 5) is 24.8.